The first-order valence-electron chi connectivity index (χ1n) is 5.58. The zero-order valence-corrected chi connectivity index (χ0v) is 10.3. The molecule has 1 fully saturated rings. The molecule has 2 aliphatic carbocycles. The molecule has 0 unspecified atom stereocenters. The number of nitrogens with zero attached hydrogens (tertiary/aromatic N) is 1. The minimum atomic E-state index is 0.566. The third-order valence-corrected chi connectivity index (χ3v) is 3.23. The van der Waals surface area contributed by atoms with Gasteiger partial charge in [-0.05, 0) is 37.9 Å². The van der Waals surface area contributed by atoms with E-state index in [0.717, 1.165) is 17.9 Å². The molecule has 2 rings (SSSR count). The van der Waals surface area contributed by atoms with Crippen molar-refractivity contribution >= 4 is 23.0 Å². The van der Waals surface area contributed by atoms with Gasteiger partial charge < -0.3 is 5.32 Å². The summed E-state index contributed by atoms with van der Waals surface area (Å²) in [6.45, 7) is 6.46. The van der Waals surface area contributed by atoms with E-state index in [2.05, 4.69) is 34.6 Å². The van der Waals surface area contributed by atoms with E-state index in [9.17, 15) is 0 Å². The number of hydrogen-bond donors (Lipinski definition) is 2. The molecule has 1 saturated carbocycles. The maximum Gasteiger partial charge on any atom is 0.187 e. The molecule has 0 radical (unpaired) electrons. The van der Waals surface area contributed by atoms with Crippen molar-refractivity contribution in [3.63, 3.8) is 0 Å². The van der Waals surface area contributed by atoms with Gasteiger partial charge in [0.05, 0.1) is 0 Å². The summed E-state index contributed by atoms with van der Waals surface area (Å²) in [6, 6.07) is 0. The quantitative estimate of drug-likeness (QED) is 0.446. The fourth-order valence-electron chi connectivity index (χ4n) is 2.05. The number of nitrogens with one attached hydrogen (secondary N) is 2. The number of fused-ring (bicyclic) bond motifs is 1. The molecule has 3 nitrogen and oxygen atoms in total. The second-order valence-corrected chi connectivity index (χ2v) is 4.92. The Morgan fingerprint density at radius 1 is 1.69 bits per heavy atom. The maximum atomic E-state index is 5.09. The Hall–Kier alpha value is -1.16. The number of thiocarbonyl (C=S) groups is 1. The molecule has 0 aromatic heterocycles. The number of hydrogen-bond acceptors (Lipinski definition) is 2. The van der Waals surface area contributed by atoms with E-state index in [1.54, 1.807) is 0 Å². The van der Waals surface area contributed by atoms with Gasteiger partial charge in [0.25, 0.3) is 0 Å². The van der Waals surface area contributed by atoms with Gasteiger partial charge in [0.1, 0.15) is 0 Å². The first kappa shape index (κ1) is 11.3. The molecular weight excluding hydrogens is 218 g/mol. The first-order valence-corrected chi connectivity index (χ1v) is 5.99. The molecule has 2 aliphatic rings. The van der Waals surface area contributed by atoms with E-state index < -0.39 is 0 Å². The van der Waals surface area contributed by atoms with Gasteiger partial charge in [0.2, 0.25) is 0 Å². The van der Waals surface area contributed by atoms with Gasteiger partial charge >= 0.3 is 0 Å². The molecule has 2 atom stereocenters. The van der Waals surface area contributed by atoms with Gasteiger partial charge in [-0.25, -0.2) is 0 Å². The lowest BCUT2D eigenvalue weighted by molar-refractivity contribution is 0.444. The predicted octanol–water partition coefficient (Wildman–Crippen LogP) is 1.98. The second kappa shape index (κ2) is 4.78. The molecular formula is C12H17N3S. The number of rotatable bonds is 3. The van der Waals surface area contributed by atoms with Crippen molar-refractivity contribution in [2.24, 2.45) is 16.9 Å². The molecule has 86 valence electrons. The molecule has 0 amide bonds. The van der Waals surface area contributed by atoms with Gasteiger partial charge in [0, 0.05) is 18.2 Å². The molecule has 0 bridgehead atoms. The van der Waals surface area contributed by atoms with Crippen molar-refractivity contribution in [3.8, 4) is 0 Å². The minimum Gasteiger partial charge on any atom is -0.358 e. The summed E-state index contributed by atoms with van der Waals surface area (Å²) in [5, 5.41) is 7.94. The van der Waals surface area contributed by atoms with Gasteiger partial charge in [-0.1, -0.05) is 24.3 Å². The van der Waals surface area contributed by atoms with Crippen LogP contribution in [0.25, 0.3) is 0 Å². The molecule has 0 spiro atoms. The van der Waals surface area contributed by atoms with Crippen molar-refractivity contribution in [2.45, 2.75) is 19.8 Å². The third-order valence-electron chi connectivity index (χ3n) is 3.00. The number of allylic oxidation sites excluding steroid dienone is 2. The Bertz CT molecular complexity index is 370. The molecule has 16 heavy (non-hydrogen) atoms. The summed E-state index contributed by atoms with van der Waals surface area (Å²) < 4.78 is 0. The fraction of sp³-hybridized carbons (Fsp3) is 0.500. The van der Waals surface area contributed by atoms with Crippen molar-refractivity contribution < 1.29 is 0 Å². The van der Waals surface area contributed by atoms with Crippen molar-refractivity contribution in [1.29, 1.82) is 0 Å². The Balaban J connectivity index is 1.74. The van der Waals surface area contributed by atoms with E-state index in [4.69, 9.17) is 12.2 Å². The summed E-state index contributed by atoms with van der Waals surface area (Å²) in [7, 11) is 0. The van der Waals surface area contributed by atoms with Crippen molar-refractivity contribution in [3.05, 3.63) is 24.3 Å². The fourth-order valence-corrected chi connectivity index (χ4v) is 2.17. The first-order chi connectivity index (χ1) is 7.66. The topological polar surface area (TPSA) is 36.4 Å². The summed E-state index contributed by atoms with van der Waals surface area (Å²) in [5.41, 5.74) is 5.16. The van der Waals surface area contributed by atoms with E-state index in [1.165, 1.54) is 12.1 Å². The molecule has 0 aliphatic heterocycles. The summed E-state index contributed by atoms with van der Waals surface area (Å²) in [6.07, 6.45) is 6.81. The minimum absolute atomic E-state index is 0.566. The highest BCUT2D eigenvalue weighted by molar-refractivity contribution is 7.80. The second-order valence-electron chi connectivity index (χ2n) is 4.51. The zero-order valence-electron chi connectivity index (χ0n) is 9.49. The standard InChI is InChI=1S/C12H17N3S/c1-8(2)7-13-12(16)15-14-11-6-9-4-3-5-10(9)11/h3,5,9-10H,1,4,6-7H2,2H3,(H2,13,15,16)/b14-11-/t9-,10-/m1/s1. The van der Waals surface area contributed by atoms with Crippen LogP contribution in [0.1, 0.15) is 19.8 Å². The van der Waals surface area contributed by atoms with Crippen molar-refractivity contribution in [1.82, 2.24) is 10.7 Å². The van der Waals surface area contributed by atoms with Gasteiger partial charge in [-0.2, -0.15) is 5.10 Å². The van der Waals surface area contributed by atoms with Crippen LogP contribution < -0.4 is 10.7 Å². The van der Waals surface area contributed by atoms with Crippen LogP contribution in [-0.2, 0) is 0 Å². The highest BCUT2D eigenvalue weighted by Crippen LogP contribution is 2.39. The molecule has 0 aromatic rings. The molecule has 0 heterocycles. The number of hydrazone groups is 1. The largest absolute Gasteiger partial charge is 0.358 e. The highest BCUT2D eigenvalue weighted by Gasteiger charge is 2.37. The summed E-state index contributed by atoms with van der Waals surface area (Å²) >= 11 is 5.09. The molecule has 4 heteroatoms. The van der Waals surface area contributed by atoms with Crippen LogP contribution in [0.5, 0.6) is 0 Å². The van der Waals surface area contributed by atoms with Crippen LogP contribution in [0.2, 0.25) is 0 Å². The smallest absolute Gasteiger partial charge is 0.187 e. The van der Waals surface area contributed by atoms with Crippen LogP contribution >= 0.6 is 12.2 Å². The van der Waals surface area contributed by atoms with Crippen LogP contribution in [0.15, 0.2) is 29.4 Å². The average Bonchev–Trinajstić information content (AvgIpc) is 2.57. The SMILES string of the molecule is C=C(C)CNC(=S)N/N=C1/C[C@H]2CC=C[C@@H]12. The zero-order chi connectivity index (χ0) is 11.5. The van der Waals surface area contributed by atoms with E-state index >= 15 is 0 Å². The van der Waals surface area contributed by atoms with E-state index in [0.29, 0.717) is 17.6 Å². The Kier molecular flexibility index (Phi) is 3.39. The summed E-state index contributed by atoms with van der Waals surface area (Å²) in [4.78, 5) is 0. The Labute approximate surface area is 102 Å². The van der Waals surface area contributed by atoms with Crippen LogP contribution in [0.3, 0.4) is 0 Å². The van der Waals surface area contributed by atoms with Crippen LogP contribution in [0.4, 0.5) is 0 Å². The Morgan fingerprint density at radius 2 is 2.50 bits per heavy atom. The lowest BCUT2D eigenvalue weighted by Crippen LogP contribution is -2.38. The van der Waals surface area contributed by atoms with Crippen LogP contribution in [0, 0.1) is 11.8 Å². The lowest BCUT2D eigenvalue weighted by atomic mass is 9.74. The highest BCUT2D eigenvalue weighted by atomic mass is 32.1. The third kappa shape index (κ3) is 2.50. The maximum absolute atomic E-state index is 5.09. The van der Waals surface area contributed by atoms with Gasteiger partial charge in [-0.15, -0.1) is 0 Å². The van der Waals surface area contributed by atoms with E-state index in [1.807, 2.05) is 6.92 Å². The van der Waals surface area contributed by atoms with E-state index in [-0.39, 0.29) is 0 Å². The lowest BCUT2D eigenvalue weighted by Gasteiger charge is -2.31. The van der Waals surface area contributed by atoms with Crippen LogP contribution in [-0.4, -0.2) is 17.4 Å². The molecule has 2 N–H and O–H groups in total. The predicted molar refractivity (Wildman–Crippen MR) is 71.3 cm³/mol. The van der Waals surface area contributed by atoms with Crippen molar-refractivity contribution in [2.75, 3.05) is 6.54 Å². The Morgan fingerprint density at radius 3 is 3.19 bits per heavy atom. The normalized spacial score (nSPS) is 28.4. The van der Waals surface area contributed by atoms with Gasteiger partial charge in [0.15, 0.2) is 5.11 Å². The molecule has 0 saturated heterocycles. The summed E-state index contributed by atoms with van der Waals surface area (Å²) in [5.74, 6) is 1.37. The van der Waals surface area contributed by atoms with Gasteiger partial charge in [-0.3, -0.25) is 5.43 Å². The molecule has 0 aromatic carbocycles. The monoisotopic (exact) mass is 235 g/mol. The average molecular weight is 235 g/mol.